The molecule has 0 unspecified atom stereocenters. The first-order chi connectivity index (χ1) is 15.9. The summed E-state index contributed by atoms with van der Waals surface area (Å²) < 4.78 is 17.8. The van der Waals surface area contributed by atoms with Gasteiger partial charge >= 0.3 is 0 Å². The van der Waals surface area contributed by atoms with E-state index in [-0.39, 0.29) is 22.5 Å². The lowest BCUT2D eigenvalue weighted by atomic mass is 10.3. The van der Waals surface area contributed by atoms with E-state index >= 15 is 0 Å². The maximum Gasteiger partial charge on any atom is 0.280 e. The number of amides is 1. The highest BCUT2D eigenvalue weighted by atomic mass is 19.1. The zero-order valence-electron chi connectivity index (χ0n) is 18.2. The number of pyridine rings is 1. The van der Waals surface area contributed by atoms with Crippen LogP contribution in [0, 0.1) is 6.92 Å². The van der Waals surface area contributed by atoms with Gasteiger partial charge in [0, 0.05) is 44.5 Å². The summed E-state index contributed by atoms with van der Waals surface area (Å²) in [5.41, 5.74) is 1.32. The maximum atomic E-state index is 13.2. The third-order valence-corrected chi connectivity index (χ3v) is 5.43. The van der Waals surface area contributed by atoms with Gasteiger partial charge in [0.25, 0.3) is 11.5 Å². The molecule has 4 heterocycles. The van der Waals surface area contributed by atoms with Crippen molar-refractivity contribution in [3.8, 4) is 5.82 Å². The molecule has 33 heavy (non-hydrogen) atoms. The van der Waals surface area contributed by atoms with Crippen LogP contribution in [0.25, 0.3) is 11.5 Å². The molecule has 1 saturated carbocycles. The lowest BCUT2D eigenvalue weighted by Crippen LogP contribution is -2.27. The van der Waals surface area contributed by atoms with Gasteiger partial charge in [0.05, 0.1) is 12.2 Å². The van der Waals surface area contributed by atoms with E-state index < -0.39 is 18.1 Å². The molecule has 12 heteroatoms. The summed E-state index contributed by atoms with van der Waals surface area (Å²) in [6.07, 6.45) is 4.15. The highest BCUT2D eigenvalue weighted by Crippen LogP contribution is 2.26. The lowest BCUT2D eigenvalue weighted by molar-refractivity contribution is 0.0949. The molecule has 5 rings (SSSR count). The standard InChI is InChI=1S/C21H22FN9O2/c1-11-10-29(3)28-18(11)30-6-4-5-14(21(30)33)25-16-8-17(23-2)31-19(27-16)12(9-24-31)20(32)26-15-7-13(15)22/h4-6,8-10,13,15,23H,7H2,1-3H3,(H,25,27)(H,26,32)/t13-,15+/m1/s1. The quantitative estimate of drug-likeness (QED) is 0.406. The Labute approximate surface area is 187 Å². The van der Waals surface area contributed by atoms with E-state index in [2.05, 4.69) is 31.1 Å². The summed E-state index contributed by atoms with van der Waals surface area (Å²) in [7, 11) is 3.50. The van der Waals surface area contributed by atoms with E-state index in [9.17, 15) is 14.0 Å². The summed E-state index contributed by atoms with van der Waals surface area (Å²) in [6.45, 7) is 1.88. The molecule has 2 atom stereocenters. The number of alkyl halides is 1. The Morgan fingerprint density at radius 2 is 2.12 bits per heavy atom. The Kier molecular flexibility index (Phi) is 4.84. The second-order valence-corrected chi connectivity index (χ2v) is 7.93. The Balaban J connectivity index is 1.52. The third kappa shape index (κ3) is 3.69. The molecule has 0 radical (unpaired) electrons. The van der Waals surface area contributed by atoms with Gasteiger partial charge in [0.2, 0.25) is 0 Å². The molecule has 0 spiro atoms. The van der Waals surface area contributed by atoms with Crippen LogP contribution < -0.4 is 21.5 Å². The van der Waals surface area contributed by atoms with Crippen molar-refractivity contribution < 1.29 is 9.18 Å². The van der Waals surface area contributed by atoms with E-state index in [1.807, 2.05) is 13.1 Å². The number of hydrogen-bond acceptors (Lipinski definition) is 7. The van der Waals surface area contributed by atoms with Crippen LogP contribution in [0.1, 0.15) is 22.3 Å². The van der Waals surface area contributed by atoms with E-state index in [4.69, 9.17) is 0 Å². The number of carbonyl (C=O) groups excluding carboxylic acids is 1. The molecule has 1 aliphatic carbocycles. The second-order valence-electron chi connectivity index (χ2n) is 7.93. The zero-order chi connectivity index (χ0) is 23.3. The molecule has 4 aromatic rings. The number of rotatable bonds is 6. The molecular formula is C21H22FN9O2. The van der Waals surface area contributed by atoms with E-state index in [0.29, 0.717) is 23.9 Å². The van der Waals surface area contributed by atoms with Crippen LogP contribution in [0.4, 0.5) is 21.7 Å². The van der Waals surface area contributed by atoms with Crippen molar-refractivity contribution in [3.63, 3.8) is 0 Å². The van der Waals surface area contributed by atoms with Crippen LogP contribution in [-0.4, -0.2) is 54.1 Å². The molecule has 1 amide bonds. The summed E-state index contributed by atoms with van der Waals surface area (Å²) in [5, 5.41) is 17.3. The zero-order valence-corrected chi connectivity index (χ0v) is 18.2. The number of carbonyl (C=O) groups is 1. The number of aryl methyl sites for hydroxylation is 2. The fourth-order valence-corrected chi connectivity index (χ4v) is 3.65. The topological polar surface area (TPSA) is 123 Å². The minimum absolute atomic E-state index is 0.212. The second kappa shape index (κ2) is 7.73. The predicted octanol–water partition coefficient (Wildman–Crippen LogP) is 1.55. The van der Waals surface area contributed by atoms with Crippen LogP contribution in [0.15, 0.2) is 41.6 Å². The van der Waals surface area contributed by atoms with Gasteiger partial charge in [-0.25, -0.2) is 9.37 Å². The molecule has 4 aromatic heterocycles. The molecular weight excluding hydrogens is 429 g/mol. The molecule has 11 nitrogen and oxygen atoms in total. The first kappa shape index (κ1) is 20.7. The summed E-state index contributed by atoms with van der Waals surface area (Å²) in [6, 6.07) is 4.56. The highest BCUT2D eigenvalue weighted by molar-refractivity contribution is 6.00. The number of aromatic nitrogens is 6. The van der Waals surface area contributed by atoms with Gasteiger partial charge in [0.15, 0.2) is 11.5 Å². The Bertz CT molecular complexity index is 1440. The SMILES string of the molecule is CNc1cc(Nc2cccn(-c3nn(C)cc3C)c2=O)nc2c(C(=O)N[C@H]3C[C@H]3F)cnn12. The molecule has 1 fully saturated rings. The summed E-state index contributed by atoms with van der Waals surface area (Å²) >= 11 is 0. The van der Waals surface area contributed by atoms with Crippen molar-refractivity contribution in [1.29, 1.82) is 0 Å². The third-order valence-electron chi connectivity index (χ3n) is 5.43. The molecule has 0 bridgehead atoms. The molecule has 3 N–H and O–H groups in total. The van der Waals surface area contributed by atoms with Gasteiger partial charge in [-0.1, -0.05) is 0 Å². The number of nitrogens with zero attached hydrogens (tertiary/aromatic N) is 6. The van der Waals surface area contributed by atoms with Crippen molar-refractivity contribution in [2.45, 2.75) is 25.6 Å². The fourth-order valence-electron chi connectivity index (χ4n) is 3.65. The number of nitrogens with one attached hydrogen (secondary N) is 3. The van der Waals surface area contributed by atoms with Gasteiger partial charge in [0.1, 0.15) is 29.1 Å². The van der Waals surface area contributed by atoms with Gasteiger partial charge in [-0.3, -0.25) is 18.8 Å². The Morgan fingerprint density at radius 3 is 2.79 bits per heavy atom. The summed E-state index contributed by atoms with van der Waals surface area (Å²) in [4.78, 5) is 30.2. The first-order valence-corrected chi connectivity index (χ1v) is 10.4. The highest BCUT2D eigenvalue weighted by Gasteiger charge is 2.39. The van der Waals surface area contributed by atoms with Crippen LogP contribution in [0.5, 0.6) is 0 Å². The normalized spacial score (nSPS) is 17.2. The maximum absolute atomic E-state index is 13.2. The minimum Gasteiger partial charge on any atom is -0.373 e. The largest absolute Gasteiger partial charge is 0.373 e. The smallest absolute Gasteiger partial charge is 0.280 e. The predicted molar refractivity (Wildman–Crippen MR) is 120 cm³/mol. The van der Waals surface area contributed by atoms with Crippen molar-refractivity contribution in [3.05, 3.63) is 58.3 Å². The first-order valence-electron chi connectivity index (χ1n) is 10.4. The number of anilines is 3. The van der Waals surface area contributed by atoms with Crippen molar-refractivity contribution >= 4 is 28.9 Å². The van der Waals surface area contributed by atoms with Gasteiger partial charge in [-0.05, 0) is 19.1 Å². The fraction of sp³-hybridized carbons (Fsp3) is 0.286. The Hall–Kier alpha value is -4.22. The minimum atomic E-state index is -1.02. The van der Waals surface area contributed by atoms with E-state index in [1.165, 1.54) is 15.3 Å². The van der Waals surface area contributed by atoms with Crippen LogP contribution in [0.2, 0.25) is 0 Å². The summed E-state index contributed by atoms with van der Waals surface area (Å²) in [5.74, 6) is 0.970. The lowest BCUT2D eigenvalue weighted by Gasteiger charge is -2.11. The van der Waals surface area contributed by atoms with Gasteiger partial charge in [-0.2, -0.15) is 14.7 Å². The van der Waals surface area contributed by atoms with Crippen LogP contribution >= 0.6 is 0 Å². The van der Waals surface area contributed by atoms with Gasteiger partial charge in [-0.15, -0.1) is 0 Å². The average molecular weight is 451 g/mol. The van der Waals surface area contributed by atoms with Crippen molar-refractivity contribution in [1.82, 2.24) is 34.3 Å². The van der Waals surface area contributed by atoms with Crippen molar-refractivity contribution in [2.75, 3.05) is 17.7 Å². The Morgan fingerprint density at radius 1 is 1.33 bits per heavy atom. The number of halogens is 1. The monoisotopic (exact) mass is 451 g/mol. The van der Waals surface area contributed by atoms with Crippen LogP contribution in [-0.2, 0) is 7.05 Å². The van der Waals surface area contributed by atoms with Crippen LogP contribution in [0.3, 0.4) is 0 Å². The molecule has 170 valence electrons. The van der Waals surface area contributed by atoms with Gasteiger partial charge < -0.3 is 16.0 Å². The molecule has 0 aromatic carbocycles. The molecule has 0 aliphatic heterocycles. The van der Waals surface area contributed by atoms with Crippen molar-refractivity contribution in [2.24, 2.45) is 7.05 Å². The average Bonchev–Trinajstić information content (AvgIpc) is 3.16. The number of hydrogen-bond donors (Lipinski definition) is 3. The van der Waals surface area contributed by atoms with E-state index in [0.717, 1.165) is 5.56 Å². The van der Waals surface area contributed by atoms with E-state index in [1.54, 1.807) is 43.2 Å². The molecule has 1 aliphatic rings. The molecule has 0 saturated heterocycles. The number of fused-ring (bicyclic) bond motifs is 1.